The van der Waals surface area contributed by atoms with Gasteiger partial charge in [0.15, 0.2) is 11.5 Å². The van der Waals surface area contributed by atoms with Crippen LogP contribution in [0.3, 0.4) is 0 Å². The van der Waals surface area contributed by atoms with Crippen molar-refractivity contribution in [3.63, 3.8) is 0 Å². The van der Waals surface area contributed by atoms with E-state index < -0.39 is 0 Å². The number of hydrogen-bond acceptors (Lipinski definition) is 5. The van der Waals surface area contributed by atoms with E-state index in [1.165, 1.54) is 0 Å². The number of ether oxygens (including phenoxy) is 2. The van der Waals surface area contributed by atoms with Gasteiger partial charge >= 0.3 is 0 Å². The third-order valence-electron chi connectivity index (χ3n) is 3.24. The molecule has 1 aliphatic rings. The molecule has 1 aliphatic heterocycles. The Kier molecular flexibility index (Phi) is 5.43. The molecule has 0 atom stereocenters. The minimum Gasteiger partial charge on any atom is -0.506 e. The average Bonchev–Trinajstić information content (AvgIpc) is 3.00. The van der Waals surface area contributed by atoms with Gasteiger partial charge in [0.25, 0.3) is 0 Å². The Morgan fingerprint density at radius 1 is 1.21 bits per heavy atom. The van der Waals surface area contributed by atoms with Crippen LogP contribution in [0.2, 0.25) is 0 Å². The van der Waals surface area contributed by atoms with Crippen LogP contribution in [0, 0.1) is 7.14 Å². The number of halogens is 2. The van der Waals surface area contributed by atoms with Crippen LogP contribution in [-0.4, -0.2) is 24.0 Å². The van der Waals surface area contributed by atoms with Gasteiger partial charge in [0, 0.05) is 0 Å². The van der Waals surface area contributed by atoms with Crippen molar-refractivity contribution < 1.29 is 19.4 Å². The average molecular weight is 550 g/mol. The minimum absolute atomic E-state index is 0.193. The SMILES string of the molecule is O=C(Cc1ccc2c(c1)OCO2)N/N=C\c1cc(I)c(O)c(I)c1. The van der Waals surface area contributed by atoms with Crippen LogP contribution in [-0.2, 0) is 11.2 Å². The van der Waals surface area contributed by atoms with E-state index in [1.54, 1.807) is 30.5 Å². The van der Waals surface area contributed by atoms with Gasteiger partial charge in [-0.25, -0.2) is 5.43 Å². The van der Waals surface area contributed by atoms with Gasteiger partial charge in [-0.2, -0.15) is 5.10 Å². The smallest absolute Gasteiger partial charge is 0.244 e. The van der Waals surface area contributed by atoms with E-state index in [0.29, 0.717) is 11.5 Å². The number of nitrogens with one attached hydrogen (secondary N) is 1. The lowest BCUT2D eigenvalue weighted by Gasteiger charge is -2.03. The number of benzene rings is 2. The summed E-state index contributed by atoms with van der Waals surface area (Å²) in [4.78, 5) is 12.0. The van der Waals surface area contributed by atoms with Gasteiger partial charge in [0.05, 0.1) is 19.8 Å². The second kappa shape index (κ2) is 7.55. The Morgan fingerprint density at radius 2 is 1.92 bits per heavy atom. The molecule has 24 heavy (non-hydrogen) atoms. The molecule has 1 heterocycles. The molecule has 0 bridgehead atoms. The van der Waals surface area contributed by atoms with Crippen molar-refractivity contribution in [3.05, 3.63) is 48.6 Å². The summed E-state index contributed by atoms with van der Waals surface area (Å²) in [5, 5.41) is 13.7. The number of amides is 1. The van der Waals surface area contributed by atoms with Crippen LogP contribution in [0.1, 0.15) is 11.1 Å². The fraction of sp³-hybridized carbons (Fsp3) is 0.125. The highest BCUT2D eigenvalue weighted by Crippen LogP contribution is 2.32. The zero-order valence-electron chi connectivity index (χ0n) is 12.3. The molecule has 0 aromatic heterocycles. The lowest BCUT2D eigenvalue weighted by molar-refractivity contribution is -0.120. The first-order valence-electron chi connectivity index (χ1n) is 6.91. The summed E-state index contributed by atoms with van der Waals surface area (Å²) >= 11 is 4.09. The van der Waals surface area contributed by atoms with Gasteiger partial charge in [-0.3, -0.25) is 4.79 Å². The lowest BCUT2D eigenvalue weighted by atomic mass is 10.1. The van der Waals surface area contributed by atoms with E-state index in [2.05, 4.69) is 10.5 Å². The Hall–Kier alpha value is -1.56. The fourth-order valence-electron chi connectivity index (χ4n) is 2.11. The zero-order chi connectivity index (χ0) is 17.1. The van der Waals surface area contributed by atoms with Gasteiger partial charge < -0.3 is 14.6 Å². The predicted octanol–water partition coefficient (Wildman–Crippen LogP) is 3.02. The summed E-state index contributed by atoms with van der Waals surface area (Å²) in [7, 11) is 0. The molecule has 0 saturated heterocycles. The molecule has 0 saturated carbocycles. The first-order valence-corrected chi connectivity index (χ1v) is 9.07. The molecule has 2 aromatic rings. The molecule has 2 aromatic carbocycles. The minimum atomic E-state index is -0.228. The standard InChI is InChI=1S/C16H12I2N2O4/c17-11-3-10(4-12(18)16(11)22)7-19-20-15(21)6-9-1-2-13-14(5-9)24-8-23-13/h1-5,7,22H,6,8H2,(H,20,21)/b19-7-. The highest BCUT2D eigenvalue weighted by Gasteiger charge is 2.14. The molecule has 1 amide bonds. The molecule has 3 rings (SSSR count). The second-order valence-corrected chi connectivity index (χ2v) is 7.32. The fourth-order valence-corrected chi connectivity index (χ4v) is 3.93. The van der Waals surface area contributed by atoms with Crippen molar-refractivity contribution >= 4 is 57.3 Å². The van der Waals surface area contributed by atoms with Gasteiger partial charge in [-0.15, -0.1) is 0 Å². The monoisotopic (exact) mass is 550 g/mol. The van der Waals surface area contributed by atoms with Crippen LogP contribution in [0.25, 0.3) is 0 Å². The van der Waals surface area contributed by atoms with Gasteiger partial charge in [-0.1, -0.05) is 6.07 Å². The van der Waals surface area contributed by atoms with E-state index >= 15 is 0 Å². The van der Waals surface area contributed by atoms with Crippen molar-refractivity contribution in [1.82, 2.24) is 5.43 Å². The van der Waals surface area contributed by atoms with E-state index in [0.717, 1.165) is 18.3 Å². The maximum atomic E-state index is 12.0. The van der Waals surface area contributed by atoms with E-state index in [9.17, 15) is 9.90 Å². The molecule has 0 unspecified atom stereocenters. The van der Waals surface area contributed by atoms with Gasteiger partial charge in [-0.05, 0) is 80.6 Å². The largest absolute Gasteiger partial charge is 0.506 e. The number of rotatable bonds is 4. The summed E-state index contributed by atoms with van der Waals surface area (Å²) in [5.74, 6) is 1.36. The number of carbonyl (C=O) groups is 1. The Morgan fingerprint density at radius 3 is 2.67 bits per heavy atom. The number of aromatic hydroxyl groups is 1. The molecule has 0 fully saturated rings. The highest BCUT2D eigenvalue weighted by molar-refractivity contribution is 14.1. The molecule has 2 N–H and O–H groups in total. The summed E-state index contributed by atoms with van der Waals surface area (Å²) in [5.41, 5.74) is 4.11. The lowest BCUT2D eigenvalue weighted by Crippen LogP contribution is -2.19. The normalized spacial score (nSPS) is 12.6. The number of hydrogen-bond donors (Lipinski definition) is 2. The van der Waals surface area contributed by atoms with Gasteiger partial charge in [0.1, 0.15) is 5.75 Å². The maximum Gasteiger partial charge on any atom is 0.244 e. The Labute approximate surface area is 165 Å². The van der Waals surface area contributed by atoms with Crippen LogP contribution in [0.15, 0.2) is 35.4 Å². The van der Waals surface area contributed by atoms with Crippen molar-refractivity contribution in [2.75, 3.05) is 6.79 Å². The Balaban J connectivity index is 1.59. The topological polar surface area (TPSA) is 80.2 Å². The van der Waals surface area contributed by atoms with Crippen LogP contribution < -0.4 is 14.9 Å². The van der Waals surface area contributed by atoms with Crippen molar-refractivity contribution in [3.8, 4) is 17.2 Å². The van der Waals surface area contributed by atoms with Crippen LogP contribution >= 0.6 is 45.2 Å². The van der Waals surface area contributed by atoms with Crippen molar-refractivity contribution in [2.24, 2.45) is 5.10 Å². The Bertz CT molecular complexity index is 801. The molecule has 0 spiro atoms. The van der Waals surface area contributed by atoms with Crippen LogP contribution in [0.5, 0.6) is 17.2 Å². The number of fused-ring (bicyclic) bond motifs is 1. The molecule has 6 nitrogen and oxygen atoms in total. The third-order valence-corrected chi connectivity index (χ3v) is 4.89. The third kappa shape index (κ3) is 4.09. The number of carbonyl (C=O) groups excluding carboxylic acids is 1. The predicted molar refractivity (Wildman–Crippen MR) is 106 cm³/mol. The molecule has 8 heteroatoms. The number of hydrazone groups is 1. The van der Waals surface area contributed by atoms with E-state index in [-0.39, 0.29) is 24.9 Å². The summed E-state index contributed by atoms with van der Waals surface area (Å²) in [6.07, 6.45) is 1.74. The summed E-state index contributed by atoms with van der Waals surface area (Å²) in [6, 6.07) is 8.96. The zero-order valence-corrected chi connectivity index (χ0v) is 16.6. The maximum absolute atomic E-state index is 12.0. The van der Waals surface area contributed by atoms with Gasteiger partial charge in [0.2, 0.25) is 12.7 Å². The second-order valence-electron chi connectivity index (χ2n) is 4.99. The first kappa shape index (κ1) is 17.3. The molecule has 0 radical (unpaired) electrons. The quantitative estimate of drug-likeness (QED) is 0.349. The highest BCUT2D eigenvalue weighted by atomic mass is 127. The van der Waals surface area contributed by atoms with Crippen molar-refractivity contribution in [2.45, 2.75) is 6.42 Å². The summed E-state index contributed by atoms with van der Waals surface area (Å²) < 4.78 is 12.0. The molecule has 124 valence electrons. The number of phenolic OH excluding ortho intramolecular Hbond substituents is 1. The van der Waals surface area contributed by atoms with Crippen molar-refractivity contribution in [1.29, 1.82) is 0 Å². The summed E-state index contributed by atoms with van der Waals surface area (Å²) in [6.45, 7) is 0.208. The molecule has 0 aliphatic carbocycles. The number of nitrogens with zero attached hydrogens (tertiary/aromatic N) is 1. The first-order chi connectivity index (χ1) is 11.5. The van der Waals surface area contributed by atoms with E-state index in [4.69, 9.17) is 9.47 Å². The van der Waals surface area contributed by atoms with Crippen LogP contribution in [0.4, 0.5) is 0 Å². The van der Waals surface area contributed by atoms with E-state index in [1.807, 2.05) is 51.2 Å². The number of phenols is 1. The molecular formula is C16H12I2N2O4. The molecular weight excluding hydrogens is 538 g/mol.